The van der Waals surface area contributed by atoms with Crippen molar-refractivity contribution in [3.05, 3.63) is 0 Å². The lowest BCUT2D eigenvalue weighted by atomic mass is 10.0. The molecule has 0 aliphatic carbocycles. The van der Waals surface area contributed by atoms with Crippen LogP contribution in [0.2, 0.25) is 0 Å². The van der Waals surface area contributed by atoms with Crippen LogP contribution in [0.25, 0.3) is 0 Å². The largest absolute Gasteiger partial charge is 0.465 e. The quantitative estimate of drug-likeness (QED) is 0.466. The molecule has 0 saturated heterocycles. The van der Waals surface area contributed by atoms with Gasteiger partial charge in [-0.1, -0.05) is 0 Å². The molecule has 1 N–H and O–H groups in total. The summed E-state index contributed by atoms with van der Waals surface area (Å²) in [6.45, 7) is 5.29. The molecule has 0 rings (SSSR count). The Kier molecular flexibility index (Phi) is 7.29. The number of nitrogens with one attached hydrogen (secondary N) is 1. The number of rotatable bonds is 8. The molecule has 5 nitrogen and oxygen atoms in total. The molecule has 0 aliphatic rings. The molecular formula is C10H21NO4. The van der Waals surface area contributed by atoms with Crippen molar-refractivity contribution in [2.75, 3.05) is 40.6 Å². The molecule has 5 heteroatoms. The van der Waals surface area contributed by atoms with E-state index in [1.165, 1.54) is 0 Å². The van der Waals surface area contributed by atoms with Crippen molar-refractivity contribution < 1.29 is 19.0 Å². The molecule has 0 aromatic rings. The number of carbonyl (C=O) groups excluding carboxylic acids is 1. The minimum atomic E-state index is -0.802. The van der Waals surface area contributed by atoms with Gasteiger partial charge in [-0.15, -0.1) is 0 Å². The Morgan fingerprint density at radius 1 is 1.33 bits per heavy atom. The van der Waals surface area contributed by atoms with Crippen LogP contribution in [0, 0.1) is 0 Å². The lowest BCUT2D eigenvalue weighted by molar-refractivity contribution is -0.152. The van der Waals surface area contributed by atoms with Crippen LogP contribution in [0.15, 0.2) is 0 Å². The fourth-order valence-electron chi connectivity index (χ4n) is 1.19. The number of hydrogen-bond donors (Lipinski definition) is 1. The molecule has 0 aromatic carbocycles. The number of esters is 1. The minimum Gasteiger partial charge on any atom is -0.465 e. The van der Waals surface area contributed by atoms with Crippen LogP contribution in [0.3, 0.4) is 0 Å². The molecule has 1 atom stereocenters. The smallest absolute Gasteiger partial charge is 0.328 e. The Hall–Kier alpha value is -0.650. The summed E-state index contributed by atoms with van der Waals surface area (Å²) in [7, 11) is 3.16. The van der Waals surface area contributed by atoms with Gasteiger partial charge in [0.2, 0.25) is 0 Å². The van der Waals surface area contributed by atoms with Crippen LogP contribution < -0.4 is 5.32 Å². The van der Waals surface area contributed by atoms with Crippen molar-refractivity contribution in [3.8, 4) is 0 Å². The number of carbonyl (C=O) groups is 1. The predicted octanol–water partition coefficient (Wildman–Crippen LogP) is 0.191. The molecule has 0 spiro atoms. The molecule has 1 unspecified atom stereocenters. The first kappa shape index (κ1) is 14.3. The van der Waals surface area contributed by atoms with E-state index in [1.54, 1.807) is 28.1 Å². The van der Waals surface area contributed by atoms with Gasteiger partial charge in [0.15, 0.2) is 0 Å². The summed E-state index contributed by atoms with van der Waals surface area (Å²) >= 11 is 0. The second-order valence-electron chi connectivity index (χ2n) is 3.41. The van der Waals surface area contributed by atoms with Gasteiger partial charge >= 0.3 is 5.97 Å². The Balaban J connectivity index is 4.22. The molecule has 0 bridgehead atoms. The maximum absolute atomic E-state index is 11.6. The average molecular weight is 219 g/mol. The highest BCUT2D eigenvalue weighted by Crippen LogP contribution is 2.07. The highest BCUT2D eigenvalue weighted by Gasteiger charge is 2.34. The van der Waals surface area contributed by atoms with E-state index in [4.69, 9.17) is 14.2 Å². The van der Waals surface area contributed by atoms with E-state index in [0.29, 0.717) is 19.8 Å². The fourth-order valence-corrected chi connectivity index (χ4v) is 1.19. The van der Waals surface area contributed by atoms with Crippen LogP contribution in [0.1, 0.15) is 13.8 Å². The van der Waals surface area contributed by atoms with Gasteiger partial charge in [0.1, 0.15) is 5.54 Å². The zero-order valence-corrected chi connectivity index (χ0v) is 9.96. The summed E-state index contributed by atoms with van der Waals surface area (Å²) < 4.78 is 14.9. The van der Waals surface area contributed by atoms with Crippen molar-refractivity contribution in [1.82, 2.24) is 5.32 Å². The van der Waals surface area contributed by atoms with Crippen molar-refractivity contribution >= 4 is 5.97 Å². The summed E-state index contributed by atoms with van der Waals surface area (Å²) in [5, 5.41) is 3.06. The normalized spacial score (nSPS) is 14.7. The lowest BCUT2D eigenvalue weighted by Crippen LogP contribution is -2.54. The van der Waals surface area contributed by atoms with Gasteiger partial charge in [-0.2, -0.15) is 0 Å². The standard InChI is InChI=1S/C10H21NO4/c1-5-15-9(12)10(2,8-14-4)11-6-7-13-3/h11H,5-8H2,1-4H3. The van der Waals surface area contributed by atoms with Crippen LogP contribution >= 0.6 is 0 Å². The molecule has 0 aliphatic heterocycles. The Bertz CT molecular complexity index is 186. The maximum Gasteiger partial charge on any atom is 0.328 e. The minimum absolute atomic E-state index is 0.273. The van der Waals surface area contributed by atoms with Crippen molar-refractivity contribution in [1.29, 1.82) is 0 Å². The van der Waals surface area contributed by atoms with E-state index < -0.39 is 5.54 Å². The summed E-state index contributed by atoms with van der Waals surface area (Å²) in [4.78, 5) is 11.6. The van der Waals surface area contributed by atoms with Gasteiger partial charge in [0.05, 0.1) is 19.8 Å². The summed E-state index contributed by atoms with van der Waals surface area (Å²) in [5.41, 5.74) is -0.802. The van der Waals surface area contributed by atoms with Gasteiger partial charge in [-0.25, -0.2) is 4.79 Å². The molecule has 0 heterocycles. The van der Waals surface area contributed by atoms with Gasteiger partial charge in [-0.05, 0) is 13.8 Å². The Labute approximate surface area is 91.1 Å². The predicted molar refractivity (Wildman–Crippen MR) is 56.8 cm³/mol. The highest BCUT2D eigenvalue weighted by molar-refractivity contribution is 5.80. The molecular weight excluding hydrogens is 198 g/mol. The van der Waals surface area contributed by atoms with Gasteiger partial charge in [0.25, 0.3) is 0 Å². The zero-order chi connectivity index (χ0) is 11.7. The third-order valence-electron chi connectivity index (χ3n) is 1.98. The van der Waals surface area contributed by atoms with E-state index in [2.05, 4.69) is 5.32 Å². The maximum atomic E-state index is 11.6. The molecule has 0 radical (unpaired) electrons. The van der Waals surface area contributed by atoms with Crippen LogP contribution in [-0.2, 0) is 19.0 Å². The summed E-state index contributed by atoms with van der Waals surface area (Å²) in [6.07, 6.45) is 0. The highest BCUT2D eigenvalue weighted by atomic mass is 16.5. The number of methoxy groups -OCH3 is 2. The van der Waals surface area contributed by atoms with E-state index >= 15 is 0 Å². The van der Waals surface area contributed by atoms with Crippen LogP contribution in [0.5, 0.6) is 0 Å². The lowest BCUT2D eigenvalue weighted by Gasteiger charge is -2.27. The summed E-state index contributed by atoms with van der Waals surface area (Å²) in [5.74, 6) is -0.303. The third kappa shape index (κ3) is 5.11. The van der Waals surface area contributed by atoms with Crippen molar-refractivity contribution in [3.63, 3.8) is 0 Å². The second-order valence-corrected chi connectivity index (χ2v) is 3.41. The molecule has 0 fully saturated rings. The number of ether oxygens (including phenoxy) is 3. The van der Waals surface area contributed by atoms with Crippen LogP contribution in [0.4, 0.5) is 0 Å². The molecule has 15 heavy (non-hydrogen) atoms. The SMILES string of the molecule is CCOC(=O)C(C)(COC)NCCOC. The Morgan fingerprint density at radius 3 is 2.47 bits per heavy atom. The molecule has 0 aromatic heterocycles. The molecule has 0 amide bonds. The van der Waals surface area contributed by atoms with E-state index in [9.17, 15) is 4.79 Å². The third-order valence-corrected chi connectivity index (χ3v) is 1.98. The molecule has 0 saturated carbocycles. The van der Waals surface area contributed by atoms with Crippen molar-refractivity contribution in [2.24, 2.45) is 0 Å². The van der Waals surface area contributed by atoms with Crippen LogP contribution in [-0.4, -0.2) is 52.1 Å². The average Bonchev–Trinajstić information content (AvgIpc) is 2.19. The second kappa shape index (κ2) is 7.62. The summed E-state index contributed by atoms with van der Waals surface area (Å²) in [6, 6.07) is 0. The first-order valence-electron chi connectivity index (χ1n) is 5.00. The Morgan fingerprint density at radius 2 is 2.00 bits per heavy atom. The fraction of sp³-hybridized carbons (Fsp3) is 0.900. The van der Waals surface area contributed by atoms with E-state index in [-0.39, 0.29) is 12.6 Å². The van der Waals surface area contributed by atoms with Gasteiger partial charge in [0, 0.05) is 20.8 Å². The van der Waals surface area contributed by atoms with Gasteiger partial charge < -0.3 is 14.2 Å². The zero-order valence-electron chi connectivity index (χ0n) is 9.96. The number of hydrogen-bond acceptors (Lipinski definition) is 5. The van der Waals surface area contributed by atoms with Crippen molar-refractivity contribution in [2.45, 2.75) is 19.4 Å². The van der Waals surface area contributed by atoms with E-state index in [0.717, 1.165) is 0 Å². The first-order valence-corrected chi connectivity index (χ1v) is 5.00. The van der Waals surface area contributed by atoms with E-state index in [1.807, 2.05) is 0 Å². The topological polar surface area (TPSA) is 56.8 Å². The first-order chi connectivity index (χ1) is 7.10. The molecule has 90 valence electrons. The monoisotopic (exact) mass is 219 g/mol. The van der Waals surface area contributed by atoms with Gasteiger partial charge in [-0.3, -0.25) is 5.32 Å².